The van der Waals surface area contributed by atoms with E-state index >= 15 is 0 Å². The van der Waals surface area contributed by atoms with Crippen molar-refractivity contribution >= 4 is 39.0 Å². The van der Waals surface area contributed by atoms with Crippen LogP contribution in [0.2, 0.25) is 0 Å². The lowest BCUT2D eigenvalue weighted by Gasteiger charge is -2.30. The van der Waals surface area contributed by atoms with Gasteiger partial charge in [0.25, 0.3) is 5.91 Å². The molecule has 4 aromatic rings. The summed E-state index contributed by atoms with van der Waals surface area (Å²) in [6.07, 6.45) is -1.57. The summed E-state index contributed by atoms with van der Waals surface area (Å²) in [5, 5.41) is 2.49. The molecule has 0 atom stereocenters. The number of carbonyl (C=O) groups excluding carboxylic acids is 1. The summed E-state index contributed by atoms with van der Waals surface area (Å²) in [5.74, 6) is -0.774. The maximum atomic E-state index is 13.5. The number of alkyl halides is 3. The van der Waals surface area contributed by atoms with E-state index in [1.807, 2.05) is 35.2 Å². The first-order chi connectivity index (χ1) is 16.3. The average molecular weight is 465 g/mol. The highest BCUT2D eigenvalue weighted by atomic mass is 19.4. The molecule has 0 aliphatic carbocycles. The van der Waals surface area contributed by atoms with Crippen molar-refractivity contribution in [3.63, 3.8) is 0 Å². The smallest absolute Gasteiger partial charge is 0.416 e. The fraction of sp³-hybridized carbons (Fsp3) is 0.231. The van der Waals surface area contributed by atoms with Gasteiger partial charge in [0.1, 0.15) is 11.1 Å². The minimum absolute atomic E-state index is 0.00542. The molecule has 0 radical (unpaired) electrons. The number of fused-ring (bicyclic) bond motifs is 3. The first kappa shape index (κ1) is 22.0. The highest BCUT2D eigenvalue weighted by Crippen LogP contribution is 2.37. The molecule has 5 rings (SSSR count). The zero-order chi connectivity index (χ0) is 23.9. The molecular weight excluding hydrogens is 443 g/mol. The van der Waals surface area contributed by atoms with Gasteiger partial charge < -0.3 is 15.1 Å². The van der Waals surface area contributed by atoms with Crippen molar-refractivity contribution in [3.8, 4) is 0 Å². The summed E-state index contributed by atoms with van der Waals surface area (Å²) in [7, 11) is 0. The molecule has 1 saturated heterocycles. The molecule has 0 unspecified atom stereocenters. The number of hydrogen-bond acceptors (Lipinski definition) is 4. The van der Waals surface area contributed by atoms with Crippen LogP contribution in [0.4, 0.5) is 24.5 Å². The van der Waals surface area contributed by atoms with E-state index in [0.29, 0.717) is 16.7 Å². The van der Waals surface area contributed by atoms with Crippen molar-refractivity contribution in [2.75, 3.05) is 18.0 Å². The predicted molar refractivity (Wildman–Crippen MR) is 125 cm³/mol. The fourth-order valence-corrected chi connectivity index (χ4v) is 4.44. The van der Waals surface area contributed by atoms with Crippen molar-refractivity contribution in [1.82, 2.24) is 0 Å². The second-order valence-corrected chi connectivity index (χ2v) is 8.39. The van der Waals surface area contributed by atoms with Gasteiger partial charge in [-0.25, -0.2) is 4.99 Å². The van der Waals surface area contributed by atoms with Crippen molar-refractivity contribution in [2.45, 2.75) is 25.4 Å². The second kappa shape index (κ2) is 8.52. The Hall–Kier alpha value is -3.81. The minimum atomic E-state index is -4.53. The van der Waals surface area contributed by atoms with Gasteiger partial charge in [-0.15, -0.1) is 0 Å². The number of nitrogens with two attached hydrogens (primary N) is 1. The van der Waals surface area contributed by atoms with Crippen LogP contribution in [0.3, 0.4) is 0 Å². The largest absolute Gasteiger partial charge is 0.437 e. The van der Waals surface area contributed by atoms with E-state index in [9.17, 15) is 18.0 Å². The number of primary amides is 1. The van der Waals surface area contributed by atoms with Crippen LogP contribution in [0.5, 0.6) is 0 Å². The zero-order valence-corrected chi connectivity index (χ0v) is 18.2. The van der Waals surface area contributed by atoms with Crippen LogP contribution in [-0.4, -0.2) is 19.0 Å². The Labute approximate surface area is 193 Å². The molecule has 1 aromatic heterocycles. The maximum absolute atomic E-state index is 13.5. The summed E-state index contributed by atoms with van der Waals surface area (Å²) in [5.41, 5.74) is 5.81. The number of carbonyl (C=O) groups is 1. The molecule has 1 fully saturated rings. The van der Waals surface area contributed by atoms with Crippen LogP contribution >= 0.6 is 0 Å². The zero-order valence-electron chi connectivity index (χ0n) is 18.2. The molecule has 174 valence electrons. The molecule has 1 amide bonds. The molecule has 1 aliphatic rings. The van der Waals surface area contributed by atoms with E-state index in [-0.39, 0.29) is 16.8 Å². The topological polar surface area (TPSA) is 71.8 Å². The molecule has 0 bridgehead atoms. The Bertz CT molecular complexity index is 1470. The second-order valence-electron chi connectivity index (χ2n) is 8.39. The monoisotopic (exact) mass is 465 g/mol. The molecule has 34 heavy (non-hydrogen) atoms. The predicted octanol–water partition coefficient (Wildman–Crippen LogP) is 5.93. The van der Waals surface area contributed by atoms with Gasteiger partial charge in [-0.1, -0.05) is 30.3 Å². The highest BCUT2D eigenvalue weighted by molar-refractivity contribution is 6.07. The standard InChI is InChI=1S/C26H22F3N3O2/c27-26(28,29)17-9-10-22(32-12-4-1-5-13-32)21(14-17)31-25-20(24(30)33)15-19-18-7-3-2-6-16(18)8-11-23(19)34-25/h2-3,6-11,14-15H,1,4-5,12-13H2,(H2,30,33). The Balaban J connectivity index is 1.76. The Morgan fingerprint density at radius 1 is 0.941 bits per heavy atom. The molecule has 0 spiro atoms. The van der Waals surface area contributed by atoms with Gasteiger partial charge in [0.2, 0.25) is 5.55 Å². The number of nitrogens with zero attached hydrogens (tertiary/aromatic N) is 2. The van der Waals surface area contributed by atoms with Crippen LogP contribution in [0.1, 0.15) is 35.2 Å². The molecule has 2 heterocycles. The summed E-state index contributed by atoms with van der Waals surface area (Å²) in [6.45, 7) is 1.44. The lowest BCUT2D eigenvalue weighted by atomic mass is 10.0. The van der Waals surface area contributed by atoms with E-state index in [2.05, 4.69) is 4.99 Å². The first-order valence-electron chi connectivity index (χ1n) is 11.1. The minimum Gasteiger partial charge on any atom is -0.437 e. The van der Waals surface area contributed by atoms with E-state index < -0.39 is 17.6 Å². The van der Waals surface area contributed by atoms with Crippen LogP contribution in [0, 0.1) is 0 Å². The number of rotatable bonds is 3. The van der Waals surface area contributed by atoms with E-state index in [1.54, 1.807) is 12.1 Å². The van der Waals surface area contributed by atoms with Gasteiger partial charge in [-0.05, 0) is 60.4 Å². The fourth-order valence-electron chi connectivity index (χ4n) is 4.44. The molecule has 0 saturated carbocycles. The number of halogens is 3. The van der Waals surface area contributed by atoms with Crippen molar-refractivity contribution in [3.05, 3.63) is 77.3 Å². The molecular formula is C26H22F3N3O2. The molecule has 2 N–H and O–H groups in total. The van der Waals surface area contributed by atoms with Gasteiger partial charge in [0, 0.05) is 18.5 Å². The molecule has 5 nitrogen and oxygen atoms in total. The summed E-state index contributed by atoms with van der Waals surface area (Å²) < 4.78 is 46.4. The van der Waals surface area contributed by atoms with Crippen molar-refractivity contribution in [2.24, 2.45) is 10.7 Å². The van der Waals surface area contributed by atoms with E-state index in [1.165, 1.54) is 6.07 Å². The maximum Gasteiger partial charge on any atom is 0.416 e. The van der Waals surface area contributed by atoms with Crippen molar-refractivity contribution < 1.29 is 22.4 Å². The highest BCUT2D eigenvalue weighted by Gasteiger charge is 2.31. The van der Waals surface area contributed by atoms with Crippen LogP contribution in [0.25, 0.3) is 21.7 Å². The lowest BCUT2D eigenvalue weighted by molar-refractivity contribution is -0.137. The Morgan fingerprint density at radius 3 is 2.44 bits per heavy atom. The average Bonchev–Trinajstić information content (AvgIpc) is 2.83. The molecule has 8 heteroatoms. The van der Waals surface area contributed by atoms with Gasteiger partial charge in [0.05, 0.1) is 16.9 Å². The third-order valence-corrected chi connectivity index (χ3v) is 6.14. The van der Waals surface area contributed by atoms with E-state index in [0.717, 1.165) is 55.3 Å². The SMILES string of the molecule is NC(=O)c1cc2c(ccc3ccccc32)oc1=Nc1cc(C(F)(F)F)ccc1N1CCCCC1. The van der Waals surface area contributed by atoms with Gasteiger partial charge in [0.15, 0.2) is 0 Å². The summed E-state index contributed by atoms with van der Waals surface area (Å²) >= 11 is 0. The number of anilines is 1. The van der Waals surface area contributed by atoms with Crippen LogP contribution in [0.15, 0.2) is 70.1 Å². The number of hydrogen-bond donors (Lipinski definition) is 1. The third kappa shape index (κ3) is 4.11. The Kier molecular flexibility index (Phi) is 5.51. The normalized spacial score (nSPS) is 15.3. The van der Waals surface area contributed by atoms with Crippen LogP contribution in [-0.2, 0) is 6.18 Å². The Morgan fingerprint density at radius 2 is 1.71 bits per heavy atom. The van der Waals surface area contributed by atoms with Crippen LogP contribution < -0.4 is 16.2 Å². The first-order valence-corrected chi connectivity index (χ1v) is 11.1. The summed E-state index contributed by atoms with van der Waals surface area (Å²) in [4.78, 5) is 18.8. The van der Waals surface area contributed by atoms with Gasteiger partial charge >= 0.3 is 6.18 Å². The lowest BCUT2D eigenvalue weighted by Crippen LogP contribution is -2.29. The van der Waals surface area contributed by atoms with Gasteiger partial charge in [-0.3, -0.25) is 4.79 Å². The van der Waals surface area contributed by atoms with Crippen molar-refractivity contribution in [1.29, 1.82) is 0 Å². The van der Waals surface area contributed by atoms with E-state index in [4.69, 9.17) is 10.2 Å². The number of amides is 1. The van der Waals surface area contributed by atoms with Gasteiger partial charge in [-0.2, -0.15) is 13.2 Å². The molecule has 1 aliphatic heterocycles. The number of benzene rings is 3. The molecule has 3 aromatic carbocycles. The quantitative estimate of drug-likeness (QED) is 0.382. The third-order valence-electron chi connectivity index (χ3n) is 6.14. The summed E-state index contributed by atoms with van der Waals surface area (Å²) in [6, 6.07) is 16.3. The number of piperidine rings is 1.